The molecule has 0 atom stereocenters. The highest BCUT2D eigenvalue weighted by atomic mass is 35.5. The van der Waals surface area contributed by atoms with Crippen LogP contribution in [-0.2, 0) is 20.0 Å². The lowest BCUT2D eigenvalue weighted by Gasteiger charge is -2.38. The minimum atomic E-state index is -4.69. The second-order valence-electron chi connectivity index (χ2n) is 6.56. The summed E-state index contributed by atoms with van der Waals surface area (Å²) in [6.07, 6.45) is 1.42. The van der Waals surface area contributed by atoms with Crippen molar-refractivity contribution < 1.29 is 21.9 Å². The third kappa shape index (κ3) is 4.25. The second-order valence-corrected chi connectivity index (χ2v) is 8.88. The zero-order chi connectivity index (χ0) is 19.5. The third-order valence-corrected chi connectivity index (χ3v) is 6.61. The Hall–Kier alpha value is -1.70. The fourth-order valence-electron chi connectivity index (χ4n) is 3.37. The highest BCUT2D eigenvalue weighted by Gasteiger charge is 2.35. The number of benzene rings is 2. The zero-order valence-corrected chi connectivity index (χ0v) is 16.1. The maximum absolute atomic E-state index is 13.0. The van der Waals surface area contributed by atoms with E-state index in [1.807, 2.05) is 18.2 Å². The molecule has 0 unspecified atom stereocenters. The molecular formula is C19H20ClF2NO3S. The van der Waals surface area contributed by atoms with Crippen molar-refractivity contribution in [1.29, 1.82) is 0 Å². The first kappa shape index (κ1) is 20.0. The number of para-hydroxylation sites is 1. The Morgan fingerprint density at radius 1 is 1.11 bits per heavy atom. The van der Waals surface area contributed by atoms with E-state index in [0.717, 1.165) is 5.56 Å². The van der Waals surface area contributed by atoms with Gasteiger partial charge in [0.15, 0.2) is 0 Å². The van der Waals surface area contributed by atoms with Crippen LogP contribution in [0.2, 0.25) is 5.02 Å². The summed E-state index contributed by atoms with van der Waals surface area (Å²) in [6.45, 7) is 1.50. The topological polar surface area (TPSA) is 55.4 Å². The van der Waals surface area contributed by atoms with Crippen molar-refractivity contribution in [3.63, 3.8) is 0 Å². The van der Waals surface area contributed by atoms with E-state index >= 15 is 0 Å². The van der Waals surface area contributed by atoms with E-state index in [-0.39, 0.29) is 11.1 Å². The van der Waals surface area contributed by atoms with Crippen molar-refractivity contribution >= 4 is 27.1 Å². The number of hydrogen-bond acceptors (Lipinski definition) is 4. The highest BCUT2D eigenvalue weighted by molar-refractivity contribution is 7.91. The van der Waals surface area contributed by atoms with Gasteiger partial charge in [-0.15, -0.1) is 0 Å². The molecule has 0 saturated carbocycles. The van der Waals surface area contributed by atoms with E-state index in [2.05, 4.69) is 5.32 Å². The molecule has 2 aromatic rings. The third-order valence-electron chi connectivity index (χ3n) is 4.93. The Labute approximate surface area is 162 Å². The van der Waals surface area contributed by atoms with Crippen molar-refractivity contribution in [2.75, 3.05) is 25.1 Å². The van der Waals surface area contributed by atoms with Gasteiger partial charge in [0.1, 0.15) is 0 Å². The molecule has 8 heteroatoms. The monoisotopic (exact) mass is 415 g/mol. The molecule has 27 heavy (non-hydrogen) atoms. The van der Waals surface area contributed by atoms with Gasteiger partial charge in [0, 0.05) is 30.2 Å². The first-order chi connectivity index (χ1) is 12.8. The Morgan fingerprint density at radius 2 is 1.81 bits per heavy atom. The van der Waals surface area contributed by atoms with Gasteiger partial charge < -0.3 is 10.1 Å². The molecule has 1 aliphatic rings. The van der Waals surface area contributed by atoms with Crippen LogP contribution in [0.3, 0.4) is 0 Å². The van der Waals surface area contributed by atoms with Crippen molar-refractivity contribution in [1.82, 2.24) is 0 Å². The largest absolute Gasteiger partial charge is 0.383 e. The molecule has 1 aliphatic heterocycles. The quantitative estimate of drug-likeness (QED) is 0.754. The lowest BCUT2D eigenvalue weighted by Crippen LogP contribution is -2.40. The molecule has 4 nitrogen and oxygen atoms in total. The van der Waals surface area contributed by atoms with Crippen molar-refractivity contribution in [2.24, 2.45) is 0 Å². The average molecular weight is 416 g/mol. The summed E-state index contributed by atoms with van der Waals surface area (Å²) in [5.41, 5.74) is 0.857. The molecule has 2 aromatic carbocycles. The first-order valence-electron chi connectivity index (χ1n) is 8.54. The van der Waals surface area contributed by atoms with Crippen molar-refractivity contribution in [2.45, 2.75) is 28.9 Å². The molecule has 0 bridgehead atoms. The van der Waals surface area contributed by atoms with E-state index in [1.165, 1.54) is 18.2 Å². The van der Waals surface area contributed by atoms with Crippen LogP contribution in [0.4, 0.5) is 14.5 Å². The highest BCUT2D eigenvalue weighted by Crippen LogP contribution is 2.37. The number of rotatable bonds is 6. The molecule has 0 amide bonds. The zero-order valence-electron chi connectivity index (χ0n) is 14.5. The number of alkyl halides is 2. The fourth-order valence-corrected chi connectivity index (χ4v) is 4.47. The number of anilines is 1. The molecule has 146 valence electrons. The molecule has 0 radical (unpaired) electrons. The standard InChI is InChI=1S/C19H20ClF2NO3S/c20-15-5-3-4-14(12-15)19(8-10-26-11-9-19)13-23-16-6-1-2-7-17(16)27(24,25)18(21)22/h1-7,12,18,23H,8-11,13H2. The van der Waals surface area contributed by atoms with Gasteiger partial charge in [0.25, 0.3) is 0 Å². The Bertz CT molecular complexity index is 899. The molecule has 0 aromatic heterocycles. The molecule has 3 rings (SSSR count). The van der Waals surface area contributed by atoms with Crippen LogP contribution >= 0.6 is 11.6 Å². The minimum absolute atomic E-state index is 0.172. The summed E-state index contributed by atoms with van der Waals surface area (Å²) in [5, 5.41) is 3.70. The van der Waals surface area contributed by atoms with Gasteiger partial charge in [-0.05, 0) is 42.7 Å². The molecule has 1 saturated heterocycles. The Morgan fingerprint density at radius 3 is 2.48 bits per heavy atom. The first-order valence-corrected chi connectivity index (χ1v) is 10.5. The summed E-state index contributed by atoms with van der Waals surface area (Å²) < 4.78 is 55.4. The van der Waals surface area contributed by atoms with Crippen molar-refractivity contribution in [3.8, 4) is 0 Å². The van der Waals surface area contributed by atoms with Gasteiger partial charge in [-0.2, -0.15) is 8.78 Å². The molecule has 1 fully saturated rings. The molecule has 1 heterocycles. The van der Waals surface area contributed by atoms with Gasteiger partial charge in [0.05, 0.1) is 10.6 Å². The van der Waals surface area contributed by atoms with Crippen LogP contribution in [0.5, 0.6) is 0 Å². The number of halogens is 3. The fraction of sp³-hybridized carbons (Fsp3) is 0.368. The molecule has 0 aliphatic carbocycles. The second kappa shape index (κ2) is 8.12. The van der Waals surface area contributed by atoms with Crippen molar-refractivity contribution in [3.05, 3.63) is 59.1 Å². The summed E-state index contributed by atoms with van der Waals surface area (Å²) in [5.74, 6) is -3.47. The predicted molar refractivity (Wildman–Crippen MR) is 101 cm³/mol. The van der Waals surface area contributed by atoms with Gasteiger partial charge in [-0.3, -0.25) is 0 Å². The SMILES string of the molecule is O=S(=O)(c1ccccc1NCC1(c2cccc(Cl)c2)CCOCC1)C(F)F. The molecule has 0 spiro atoms. The van der Waals surface area contributed by atoms with Crippen LogP contribution in [0, 0.1) is 0 Å². The van der Waals surface area contributed by atoms with E-state index < -0.39 is 20.5 Å². The number of hydrogen-bond donors (Lipinski definition) is 1. The number of ether oxygens (including phenoxy) is 1. The maximum Gasteiger partial charge on any atom is 0.341 e. The van der Waals surface area contributed by atoms with Gasteiger partial charge in [-0.25, -0.2) is 8.42 Å². The smallest absolute Gasteiger partial charge is 0.341 e. The molecule has 1 N–H and O–H groups in total. The van der Waals surface area contributed by atoms with Gasteiger partial charge >= 0.3 is 5.76 Å². The van der Waals surface area contributed by atoms with E-state index in [9.17, 15) is 17.2 Å². The minimum Gasteiger partial charge on any atom is -0.383 e. The van der Waals surface area contributed by atoms with E-state index in [4.69, 9.17) is 16.3 Å². The van der Waals surface area contributed by atoms with Crippen LogP contribution in [0.1, 0.15) is 18.4 Å². The summed E-state index contributed by atoms with van der Waals surface area (Å²) in [6, 6.07) is 13.3. The normalized spacial score (nSPS) is 17.0. The molecular weight excluding hydrogens is 396 g/mol. The summed E-state index contributed by atoms with van der Waals surface area (Å²) in [7, 11) is -4.69. The predicted octanol–water partition coefficient (Wildman–Crippen LogP) is 4.50. The van der Waals surface area contributed by atoms with E-state index in [1.54, 1.807) is 12.1 Å². The average Bonchev–Trinajstić information content (AvgIpc) is 2.67. The van der Waals surface area contributed by atoms with Gasteiger partial charge in [-0.1, -0.05) is 35.9 Å². The van der Waals surface area contributed by atoms with Crippen LogP contribution in [0.25, 0.3) is 0 Å². The lowest BCUT2D eigenvalue weighted by atomic mass is 9.74. The summed E-state index contributed by atoms with van der Waals surface area (Å²) >= 11 is 6.15. The van der Waals surface area contributed by atoms with Crippen LogP contribution in [0.15, 0.2) is 53.4 Å². The Balaban J connectivity index is 1.92. The van der Waals surface area contributed by atoms with Gasteiger partial charge in [0.2, 0.25) is 9.84 Å². The summed E-state index contributed by atoms with van der Waals surface area (Å²) in [4.78, 5) is -0.395. The van der Waals surface area contributed by atoms with E-state index in [0.29, 0.717) is 37.6 Å². The lowest BCUT2D eigenvalue weighted by molar-refractivity contribution is 0.0544. The maximum atomic E-state index is 13.0. The number of nitrogens with one attached hydrogen (secondary N) is 1. The van der Waals surface area contributed by atoms with Crippen LogP contribution in [-0.4, -0.2) is 33.9 Å². The van der Waals surface area contributed by atoms with Crippen LogP contribution < -0.4 is 5.32 Å². The number of sulfone groups is 1. The Kier molecular flexibility index (Phi) is 6.03.